The minimum atomic E-state index is 0.139. The molecule has 0 aliphatic rings. The van der Waals surface area contributed by atoms with Crippen molar-refractivity contribution >= 4 is 22.6 Å². The first-order valence-corrected chi connectivity index (χ1v) is 4.70. The standard InChI is InChI=1S/C10H10ClNO2/c11-8-5-7-2-1-6(3-4-12)9(13)10(7)14-8/h1-2,5,13H,3-4,12H2. The summed E-state index contributed by atoms with van der Waals surface area (Å²) >= 11 is 5.68. The van der Waals surface area contributed by atoms with Crippen molar-refractivity contribution in [1.29, 1.82) is 0 Å². The summed E-state index contributed by atoms with van der Waals surface area (Å²) in [6.45, 7) is 0.494. The Labute approximate surface area is 86.1 Å². The lowest BCUT2D eigenvalue weighted by Gasteiger charge is -2.02. The second-order valence-corrected chi connectivity index (χ2v) is 3.45. The van der Waals surface area contributed by atoms with Crippen molar-refractivity contribution in [3.8, 4) is 5.75 Å². The van der Waals surface area contributed by atoms with Crippen molar-refractivity contribution in [3.05, 3.63) is 29.0 Å². The van der Waals surface area contributed by atoms with E-state index < -0.39 is 0 Å². The Kier molecular flexibility index (Phi) is 2.35. The molecule has 0 aliphatic heterocycles. The van der Waals surface area contributed by atoms with Crippen LogP contribution < -0.4 is 5.73 Å². The number of nitrogens with two attached hydrogens (primary N) is 1. The predicted molar refractivity (Wildman–Crippen MR) is 55.6 cm³/mol. The van der Waals surface area contributed by atoms with E-state index in [1.807, 2.05) is 12.1 Å². The van der Waals surface area contributed by atoms with Crippen LogP contribution in [0, 0.1) is 0 Å². The summed E-state index contributed by atoms with van der Waals surface area (Å²) in [5.74, 6) is 0.139. The zero-order valence-corrected chi connectivity index (χ0v) is 8.21. The fourth-order valence-corrected chi connectivity index (χ4v) is 1.65. The van der Waals surface area contributed by atoms with Crippen LogP contribution in [0.15, 0.2) is 22.6 Å². The summed E-state index contributed by atoms with van der Waals surface area (Å²) in [6.07, 6.45) is 0.625. The number of aromatic hydroxyl groups is 1. The summed E-state index contributed by atoms with van der Waals surface area (Å²) in [5, 5.41) is 10.9. The third kappa shape index (κ3) is 1.45. The lowest BCUT2D eigenvalue weighted by molar-refractivity contribution is 0.458. The molecule has 0 atom stereocenters. The number of phenols is 1. The Morgan fingerprint density at radius 3 is 2.93 bits per heavy atom. The van der Waals surface area contributed by atoms with Gasteiger partial charge in [-0.15, -0.1) is 0 Å². The number of furan rings is 1. The van der Waals surface area contributed by atoms with E-state index in [4.69, 9.17) is 21.8 Å². The van der Waals surface area contributed by atoms with Gasteiger partial charge in [0.25, 0.3) is 0 Å². The molecule has 3 N–H and O–H groups in total. The highest BCUT2D eigenvalue weighted by atomic mass is 35.5. The normalized spacial score (nSPS) is 11.0. The number of rotatable bonds is 2. The molecular weight excluding hydrogens is 202 g/mol. The monoisotopic (exact) mass is 211 g/mol. The molecule has 0 aliphatic carbocycles. The second-order valence-electron chi connectivity index (χ2n) is 3.08. The second kappa shape index (κ2) is 3.52. The van der Waals surface area contributed by atoms with E-state index in [1.165, 1.54) is 0 Å². The van der Waals surface area contributed by atoms with Gasteiger partial charge in [0.2, 0.25) is 0 Å². The first-order chi connectivity index (χ1) is 6.72. The molecule has 0 bridgehead atoms. The summed E-state index contributed by atoms with van der Waals surface area (Å²) in [7, 11) is 0. The molecule has 0 amide bonds. The molecule has 1 heterocycles. The van der Waals surface area contributed by atoms with Crippen molar-refractivity contribution in [2.24, 2.45) is 5.73 Å². The van der Waals surface area contributed by atoms with Gasteiger partial charge in [0, 0.05) is 11.5 Å². The van der Waals surface area contributed by atoms with E-state index in [9.17, 15) is 5.11 Å². The van der Waals surface area contributed by atoms with Crippen LogP contribution in [0.1, 0.15) is 5.56 Å². The van der Waals surface area contributed by atoms with Crippen LogP contribution in [0.2, 0.25) is 5.22 Å². The van der Waals surface area contributed by atoms with Gasteiger partial charge >= 0.3 is 0 Å². The number of hydrogen-bond donors (Lipinski definition) is 2. The molecule has 0 saturated carbocycles. The fourth-order valence-electron chi connectivity index (χ4n) is 1.45. The van der Waals surface area contributed by atoms with Crippen LogP contribution in [-0.4, -0.2) is 11.7 Å². The molecular formula is C10H10ClNO2. The van der Waals surface area contributed by atoms with Crippen LogP contribution in [-0.2, 0) is 6.42 Å². The lowest BCUT2D eigenvalue weighted by atomic mass is 10.1. The molecule has 74 valence electrons. The molecule has 1 aromatic carbocycles. The Bertz CT molecular complexity index is 464. The minimum Gasteiger partial charge on any atom is -0.504 e. The summed E-state index contributed by atoms with van der Waals surface area (Å²) in [6, 6.07) is 5.36. The third-order valence-electron chi connectivity index (χ3n) is 2.13. The first-order valence-electron chi connectivity index (χ1n) is 4.32. The van der Waals surface area contributed by atoms with Gasteiger partial charge in [-0.1, -0.05) is 12.1 Å². The molecule has 1 aromatic heterocycles. The van der Waals surface area contributed by atoms with Gasteiger partial charge in [-0.05, 0) is 30.1 Å². The molecule has 0 spiro atoms. The van der Waals surface area contributed by atoms with E-state index in [-0.39, 0.29) is 11.0 Å². The quantitative estimate of drug-likeness (QED) is 0.801. The maximum Gasteiger partial charge on any atom is 0.194 e. The van der Waals surface area contributed by atoms with Crippen LogP contribution in [0.4, 0.5) is 0 Å². The zero-order valence-electron chi connectivity index (χ0n) is 7.46. The topological polar surface area (TPSA) is 59.4 Å². The minimum absolute atomic E-state index is 0.139. The van der Waals surface area contributed by atoms with Gasteiger partial charge < -0.3 is 15.3 Å². The fraction of sp³-hybridized carbons (Fsp3) is 0.200. The molecule has 0 radical (unpaired) electrons. The van der Waals surface area contributed by atoms with Gasteiger partial charge in [-0.25, -0.2) is 0 Å². The molecule has 2 rings (SSSR count). The average molecular weight is 212 g/mol. The third-order valence-corrected chi connectivity index (χ3v) is 2.31. The number of benzene rings is 1. The van der Waals surface area contributed by atoms with Gasteiger partial charge in [-0.2, -0.15) is 0 Å². The predicted octanol–water partition coefficient (Wildman–Crippen LogP) is 2.29. The van der Waals surface area contributed by atoms with Crippen LogP contribution in [0.5, 0.6) is 5.75 Å². The van der Waals surface area contributed by atoms with Crippen LogP contribution >= 0.6 is 11.6 Å². The van der Waals surface area contributed by atoms with Gasteiger partial charge in [0.1, 0.15) is 0 Å². The van der Waals surface area contributed by atoms with Crippen molar-refractivity contribution in [2.75, 3.05) is 6.54 Å². The van der Waals surface area contributed by atoms with E-state index in [0.29, 0.717) is 18.5 Å². The molecule has 2 aromatic rings. The van der Waals surface area contributed by atoms with Gasteiger partial charge in [0.15, 0.2) is 16.6 Å². The average Bonchev–Trinajstić information content (AvgIpc) is 2.52. The number of fused-ring (bicyclic) bond motifs is 1. The van der Waals surface area contributed by atoms with E-state index >= 15 is 0 Å². The van der Waals surface area contributed by atoms with Gasteiger partial charge in [-0.3, -0.25) is 0 Å². The summed E-state index contributed by atoms with van der Waals surface area (Å²) < 4.78 is 5.16. The maximum atomic E-state index is 9.79. The van der Waals surface area contributed by atoms with Gasteiger partial charge in [0.05, 0.1) is 0 Å². The first kappa shape index (κ1) is 9.37. The Morgan fingerprint density at radius 1 is 1.43 bits per heavy atom. The lowest BCUT2D eigenvalue weighted by Crippen LogP contribution is -2.02. The molecule has 14 heavy (non-hydrogen) atoms. The highest BCUT2D eigenvalue weighted by Gasteiger charge is 2.10. The Hall–Kier alpha value is -1.19. The molecule has 0 saturated heterocycles. The zero-order chi connectivity index (χ0) is 10.1. The smallest absolute Gasteiger partial charge is 0.194 e. The number of hydrogen-bond acceptors (Lipinski definition) is 3. The molecule has 0 fully saturated rings. The Balaban J connectivity index is 2.61. The van der Waals surface area contributed by atoms with Crippen molar-refractivity contribution < 1.29 is 9.52 Å². The highest BCUT2D eigenvalue weighted by Crippen LogP contribution is 2.32. The van der Waals surface area contributed by atoms with Crippen LogP contribution in [0.25, 0.3) is 11.0 Å². The molecule has 0 unspecified atom stereocenters. The maximum absolute atomic E-state index is 9.79. The Morgan fingerprint density at radius 2 is 2.21 bits per heavy atom. The van der Waals surface area contributed by atoms with Crippen LogP contribution in [0.3, 0.4) is 0 Å². The van der Waals surface area contributed by atoms with E-state index in [0.717, 1.165) is 10.9 Å². The largest absolute Gasteiger partial charge is 0.504 e. The number of phenolic OH excluding ortho intramolecular Hbond substituents is 1. The number of halogens is 1. The highest BCUT2D eigenvalue weighted by molar-refractivity contribution is 6.29. The van der Waals surface area contributed by atoms with E-state index in [2.05, 4.69) is 0 Å². The van der Waals surface area contributed by atoms with Crippen molar-refractivity contribution in [1.82, 2.24) is 0 Å². The summed E-state index contributed by atoms with van der Waals surface area (Å²) in [5.41, 5.74) is 6.63. The molecule has 3 nitrogen and oxygen atoms in total. The van der Waals surface area contributed by atoms with Crippen molar-refractivity contribution in [2.45, 2.75) is 6.42 Å². The van der Waals surface area contributed by atoms with Crippen molar-refractivity contribution in [3.63, 3.8) is 0 Å². The molecule has 4 heteroatoms. The SMILES string of the molecule is NCCc1ccc2cc(Cl)oc2c1O. The van der Waals surface area contributed by atoms with E-state index in [1.54, 1.807) is 6.07 Å². The summed E-state index contributed by atoms with van der Waals surface area (Å²) in [4.78, 5) is 0.